The predicted octanol–water partition coefficient (Wildman–Crippen LogP) is 4.59. The third kappa shape index (κ3) is 4.31. The van der Waals surface area contributed by atoms with Gasteiger partial charge in [0.25, 0.3) is 11.6 Å². The minimum absolute atomic E-state index is 0.0296. The van der Waals surface area contributed by atoms with Crippen molar-refractivity contribution in [3.63, 3.8) is 0 Å². The second kappa shape index (κ2) is 8.37. The Morgan fingerprint density at radius 3 is 2.44 bits per heavy atom. The Bertz CT molecular complexity index is 886. The fraction of sp³-hybridized carbons (Fsp3) is 0.278. The Balaban J connectivity index is 1.74. The Morgan fingerprint density at radius 1 is 1.11 bits per heavy atom. The van der Waals surface area contributed by atoms with Crippen molar-refractivity contribution in [2.75, 3.05) is 37.3 Å². The molecule has 1 fully saturated rings. The van der Waals surface area contributed by atoms with Gasteiger partial charge in [-0.3, -0.25) is 14.9 Å². The number of hydrogen-bond acceptors (Lipinski definition) is 5. The lowest BCUT2D eigenvalue weighted by atomic mass is 10.1. The van der Waals surface area contributed by atoms with E-state index in [4.69, 9.17) is 23.2 Å². The van der Waals surface area contributed by atoms with Crippen LogP contribution in [0.25, 0.3) is 0 Å². The summed E-state index contributed by atoms with van der Waals surface area (Å²) in [6, 6.07) is 10.0. The summed E-state index contributed by atoms with van der Waals surface area (Å²) in [7, 11) is 0. The molecule has 142 valence electrons. The first-order valence-corrected chi connectivity index (χ1v) is 10.2. The number of hydrogen-bond donors (Lipinski definition) is 0. The molecule has 0 saturated carbocycles. The van der Waals surface area contributed by atoms with Gasteiger partial charge in [0, 0.05) is 42.2 Å². The normalized spacial score (nSPS) is 14.3. The van der Waals surface area contributed by atoms with E-state index in [2.05, 4.69) is 0 Å². The van der Waals surface area contributed by atoms with E-state index in [1.165, 1.54) is 6.07 Å². The van der Waals surface area contributed by atoms with Crippen LogP contribution in [-0.4, -0.2) is 48.2 Å². The van der Waals surface area contributed by atoms with Crippen LogP contribution >= 0.6 is 35.0 Å². The lowest BCUT2D eigenvalue weighted by molar-refractivity contribution is -0.384. The molecule has 3 rings (SSSR count). The molecule has 0 aromatic heterocycles. The summed E-state index contributed by atoms with van der Waals surface area (Å²) >= 11 is 13.6. The van der Waals surface area contributed by atoms with Gasteiger partial charge < -0.3 is 9.80 Å². The molecular formula is C18H17Cl2N3O3S. The van der Waals surface area contributed by atoms with Crippen molar-refractivity contribution in [3.05, 3.63) is 62.1 Å². The maximum Gasteiger partial charge on any atom is 0.294 e. The maximum atomic E-state index is 12.8. The van der Waals surface area contributed by atoms with Gasteiger partial charge in [0.15, 0.2) is 0 Å². The van der Waals surface area contributed by atoms with Crippen molar-refractivity contribution >= 4 is 52.2 Å². The number of carbonyl (C=O) groups excluding carboxylic acids is 1. The van der Waals surface area contributed by atoms with E-state index in [1.54, 1.807) is 40.9 Å². The summed E-state index contributed by atoms with van der Waals surface area (Å²) in [5.41, 5.74) is 0.964. The minimum Gasteiger partial charge on any atom is -0.362 e. The molecular weight excluding hydrogens is 409 g/mol. The lowest BCUT2D eigenvalue weighted by Crippen LogP contribution is -2.49. The number of rotatable bonds is 4. The first-order chi connectivity index (χ1) is 12.9. The Morgan fingerprint density at radius 2 is 1.81 bits per heavy atom. The fourth-order valence-corrected chi connectivity index (χ4v) is 3.83. The van der Waals surface area contributed by atoms with Crippen LogP contribution in [0.1, 0.15) is 10.4 Å². The van der Waals surface area contributed by atoms with Gasteiger partial charge in [0.05, 0.1) is 15.5 Å². The van der Waals surface area contributed by atoms with Crippen molar-refractivity contribution in [1.82, 2.24) is 4.90 Å². The molecule has 0 atom stereocenters. The smallest absolute Gasteiger partial charge is 0.294 e. The van der Waals surface area contributed by atoms with E-state index in [1.807, 2.05) is 17.2 Å². The van der Waals surface area contributed by atoms with Crippen LogP contribution in [0.4, 0.5) is 11.4 Å². The molecule has 2 aromatic carbocycles. The van der Waals surface area contributed by atoms with E-state index in [0.717, 1.165) is 4.90 Å². The molecule has 1 aliphatic heterocycles. The summed E-state index contributed by atoms with van der Waals surface area (Å²) in [6.45, 7) is 1.90. The summed E-state index contributed by atoms with van der Waals surface area (Å²) in [4.78, 5) is 28.3. The van der Waals surface area contributed by atoms with Crippen molar-refractivity contribution in [2.24, 2.45) is 0 Å². The molecule has 1 amide bonds. The molecule has 1 heterocycles. The molecule has 0 unspecified atom stereocenters. The quantitative estimate of drug-likeness (QED) is 0.407. The molecule has 0 radical (unpaired) electrons. The van der Waals surface area contributed by atoms with Gasteiger partial charge >= 0.3 is 0 Å². The van der Waals surface area contributed by atoms with E-state index in [-0.39, 0.29) is 11.6 Å². The minimum atomic E-state index is -0.438. The van der Waals surface area contributed by atoms with Gasteiger partial charge in [-0.15, -0.1) is 11.8 Å². The number of piperazine rings is 1. The van der Waals surface area contributed by atoms with Crippen LogP contribution in [-0.2, 0) is 0 Å². The average molecular weight is 426 g/mol. The first kappa shape index (κ1) is 19.8. The molecule has 9 heteroatoms. The highest BCUT2D eigenvalue weighted by Gasteiger charge is 2.27. The second-order valence-electron chi connectivity index (χ2n) is 6.02. The van der Waals surface area contributed by atoms with E-state index >= 15 is 0 Å². The topological polar surface area (TPSA) is 66.7 Å². The zero-order chi connectivity index (χ0) is 19.6. The highest BCUT2D eigenvalue weighted by molar-refractivity contribution is 7.98. The average Bonchev–Trinajstić information content (AvgIpc) is 2.68. The fourth-order valence-electron chi connectivity index (χ4n) is 3.03. The number of nitro groups is 1. The van der Waals surface area contributed by atoms with Crippen molar-refractivity contribution < 1.29 is 9.72 Å². The van der Waals surface area contributed by atoms with Gasteiger partial charge in [-0.25, -0.2) is 0 Å². The Kier molecular flexibility index (Phi) is 6.14. The number of anilines is 1. The van der Waals surface area contributed by atoms with Gasteiger partial charge in [-0.05, 0) is 36.6 Å². The largest absolute Gasteiger partial charge is 0.362 e. The monoisotopic (exact) mass is 425 g/mol. The van der Waals surface area contributed by atoms with Crippen LogP contribution in [0, 0.1) is 10.1 Å². The molecule has 1 saturated heterocycles. The molecule has 1 aliphatic rings. The predicted molar refractivity (Wildman–Crippen MR) is 109 cm³/mol. The summed E-state index contributed by atoms with van der Waals surface area (Å²) in [6.07, 6.45) is 1.94. The van der Waals surface area contributed by atoms with Crippen LogP contribution < -0.4 is 4.90 Å². The van der Waals surface area contributed by atoms with Gasteiger partial charge in [-0.1, -0.05) is 23.2 Å². The zero-order valence-corrected chi connectivity index (χ0v) is 16.9. The van der Waals surface area contributed by atoms with Crippen molar-refractivity contribution in [2.45, 2.75) is 4.90 Å². The number of amides is 1. The number of halogens is 2. The highest BCUT2D eigenvalue weighted by Crippen LogP contribution is 2.32. The van der Waals surface area contributed by atoms with Gasteiger partial charge in [0.2, 0.25) is 0 Å². The number of benzene rings is 2. The third-order valence-electron chi connectivity index (χ3n) is 4.45. The number of nitrogens with zero attached hydrogens (tertiary/aromatic N) is 3. The summed E-state index contributed by atoms with van der Waals surface area (Å²) in [5.74, 6) is -0.124. The Labute approximate surface area is 171 Å². The summed E-state index contributed by atoms with van der Waals surface area (Å²) in [5, 5.41) is 12.1. The molecule has 0 bridgehead atoms. The van der Waals surface area contributed by atoms with Gasteiger partial charge in [0.1, 0.15) is 5.69 Å². The van der Waals surface area contributed by atoms with Crippen LogP contribution in [0.3, 0.4) is 0 Å². The van der Waals surface area contributed by atoms with E-state index in [9.17, 15) is 14.9 Å². The zero-order valence-electron chi connectivity index (χ0n) is 14.5. The SMILES string of the molecule is CSc1ccc(Cl)c(C(=O)N2CCN(c3ccc(Cl)cc3[N+](=O)[O-])CC2)c1. The van der Waals surface area contributed by atoms with Crippen LogP contribution in [0.15, 0.2) is 41.3 Å². The standard InChI is InChI=1S/C18H17Cl2N3O3S/c1-27-13-3-4-15(20)14(11-13)18(24)22-8-6-21(7-9-22)16-5-2-12(19)10-17(16)23(25)26/h2-5,10-11H,6-9H2,1H3. The number of nitro benzene ring substituents is 1. The van der Waals surface area contributed by atoms with Crippen LogP contribution in [0.5, 0.6) is 0 Å². The third-order valence-corrected chi connectivity index (χ3v) is 5.74. The molecule has 2 aromatic rings. The number of thioether (sulfide) groups is 1. The lowest BCUT2D eigenvalue weighted by Gasteiger charge is -2.36. The van der Waals surface area contributed by atoms with Crippen molar-refractivity contribution in [3.8, 4) is 0 Å². The van der Waals surface area contributed by atoms with E-state index in [0.29, 0.717) is 47.5 Å². The van der Waals surface area contributed by atoms with Crippen molar-refractivity contribution in [1.29, 1.82) is 0 Å². The maximum absolute atomic E-state index is 12.8. The molecule has 27 heavy (non-hydrogen) atoms. The van der Waals surface area contributed by atoms with Gasteiger partial charge in [-0.2, -0.15) is 0 Å². The second-order valence-corrected chi connectivity index (χ2v) is 7.74. The molecule has 0 spiro atoms. The summed E-state index contributed by atoms with van der Waals surface area (Å²) < 4.78 is 0. The highest BCUT2D eigenvalue weighted by atomic mass is 35.5. The number of carbonyl (C=O) groups is 1. The van der Waals surface area contributed by atoms with E-state index < -0.39 is 4.92 Å². The molecule has 0 N–H and O–H groups in total. The Hall–Kier alpha value is -1.96. The molecule has 6 nitrogen and oxygen atoms in total. The molecule has 0 aliphatic carbocycles. The van der Waals surface area contributed by atoms with Crippen LogP contribution in [0.2, 0.25) is 10.0 Å². The first-order valence-electron chi connectivity index (χ1n) is 8.22.